The molecule has 2 rings (SSSR count). The molecular weight excluding hydrogens is 269 g/mol. The molecule has 5 heteroatoms. The zero-order chi connectivity index (χ0) is 11.6. The molecule has 0 amide bonds. The van der Waals surface area contributed by atoms with Crippen LogP contribution in [0.25, 0.3) is 0 Å². The van der Waals surface area contributed by atoms with Gasteiger partial charge >= 0.3 is 0 Å². The maximum atomic E-state index is 5.83. The molecule has 1 aliphatic rings. The highest BCUT2D eigenvalue weighted by Crippen LogP contribution is 2.33. The van der Waals surface area contributed by atoms with Crippen LogP contribution in [0, 0.1) is 5.41 Å². The van der Waals surface area contributed by atoms with Crippen LogP contribution in [0.2, 0.25) is 0 Å². The first-order valence-corrected chi connectivity index (χ1v) is 5.99. The summed E-state index contributed by atoms with van der Waals surface area (Å²) in [7, 11) is 0. The zero-order valence-corrected chi connectivity index (χ0v) is 12.6. The lowest BCUT2D eigenvalue weighted by atomic mass is 9.90. The van der Waals surface area contributed by atoms with Crippen molar-refractivity contribution >= 4 is 24.8 Å². The van der Waals surface area contributed by atoms with Crippen LogP contribution in [-0.2, 0) is 0 Å². The Morgan fingerprint density at radius 3 is 2.72 bits per heavy atom. The number of likely N-dealkylation sites (tertiary alicyclic amines) is 1. The summed E-state index contributed by atoms with van der Waals surface area (Å²) in [5, 5.41) is 0. The summed E-state index contributed by atoms with van der Waals surface area (Å²) < 4.78 is 0. The molecule has 0 bridgehead atoms. The molecule has 0 aromatic carbocycles. The lowest BCUT2D eigenvalue weighted by Crippen LogP contribution is -2.32. The third-order valence-corrected chi connectivity index (χ3v) is 3.79. The lowest BCUT2D eigenvalue weighted by Gasteiger charge is -2.27. The minimum atomic E-state index is 0. The highest BCUT2D eigenvalue weighted by Gasteiger charge is 2.34. The van der Waals surface area contributed by atoms with Gasteiger partial charge in [-0.25, -0.2) is 0 Å². The van der Waals surface area contributed by atoms with Crippen molar-refractivity contribution in [2.75, 3.05) is 19.6 Å². The highest BCUT2D eigenvalue weighted by molar-refractivity contribution is 5.85. The summed E-state index contributed by atoms with van der Waals surface area (Å²) >= 11 is 0. The monoisotopic (exact) mass is 291 g/mol. The van der Waals surface area contributed by atoms with Crippen LogP contribution in [0.4, 0.5) is 0 Å². The molecule has 1 aromatic rings. The van der Waals surface area contributed by atoms with Crippen LogP contribution < -0.4 is 5.73 Å². The van der Waals surface area contributed by atoms with Crippen LogP contribution in [-0.4, -0.2) is 29.5 Å². The van der Waals surface area contributed by atoms with Crippen LogP contribution >= 0.6 is 24.8 Å². The predicted octanol–water partition coefficient (Wildman–Crippen LogP) is 2.66. The average Bonchev–Trinajstić information content (AvgIpc) is 2.73. The molecule has 104 valence electrons. The first-order valence-electron chi connectivity index (χ1n) is 5.99. The second-order valence-corrected chi connectivity index (χ2v) is 5.20. The summed E-state index contributed by atoms with van der Waals surface area (Å²) in [5.74, 6) is 0. The van der Waals surface area contributed by atoms with E-state index in [0.29, 0.717) is 11.5 Å². The number of nitrogens with zero attached hydrogens (tertiary/aromatic N) is 2. The number of pyridine rings is 1. The molecule has 3 nitrogen and oxygen atoms in total. The van der Waals surface area contributed by atoms with Gasteiger partial charge in [0.1, 0.15) is 0 Å². The molecule has 0 aliphatic carbocycles. The SMILES string of the molecule is CC(c1cccnc1)N1CCC(C)(CN)C1.Cl.Cl. The molecule has 0 spiro atoms. The molecule has 1 fully saturated rings. The normalized spacial score (nSPS) is 25.1. The fourth-order valence-corrected chi connectivity index (χ4v) is 2.39. The molecule has 2 heterocycles. The fourth-order valence-electron chi connectivity index (χ4n) is 2.39. The van der Waals surface area contributed by atoms with Gasteiger partial charge in [-0.3, -0.25) is 9.88 Å². The van der Waals surface area contributed by atoms with Gasteiger partial charge in [0.15, 0.2) is 0 Å². The second kappa shape index (κ2) is 7.29. The van der Waals surface area contributed by atoms with Crippen molar-refractivity contribution in [3.63, 3.8) is 0 Å². The zero-order valence-electron chi connectivity index (χ0n) is 11.0. The number of rotatable bonds is 3. The van der Waals surface area contributed by atoms with Crippen molar-refractivity contribution in [2.45, 2.75) is 26.3 Å². The molecule has 0 radical (unpaired) electrons. The third-order valence-electron chi connectivity index (χ3n) is 3.79. The smallest absolute Gasteiger partial charge is 0.0335 e. The number of hydrogen-bond donors (Lipinski definition) is 1. The highest BCUT2D eigenvalue weighted by atomic mass is 35.5. The summed E-state index contributed by atoms with van der Waals surface area (Å²) in [6.45, 7) is 7.55. The predicted molar refractivity (Wildman–Crippen MR) is 80.5 cm³/mol. The third kappa shape index (κ3) is 3.82. The number of aromatic nitrogens is 1. The Morgan fingerprint density at radius 1 is 1.50 bits per heavy atom. The van der Waals surface area contributed by atoms with E-state index in [4.69, 9.17) is 5.73 Å². The second-order valence-electron chi connectivity index (χ2n) is 5.20. The lowest BCUT2D eigenvalue weighted by molar-refractivity contribution is 0.227. The van der Waals surface area contributed by atoms with Gasteiger partial charge in [-0.05, 0) is 43.5 Å². The van der Waals surface area contributed by atoms with Crippen molar-refractivity contribution in [3.8, 4) is 0 Å². The summed E-state index contributed by atoms with van der Waals surface area (Å²) in [6, 6.07) is 4.60. The Kier molecular flexibility index (Phi) is 7.15. The van der Waals surface area contributed by atoms with E-state index < -0.39 is 0 Å². The van der Waals surface area contributed by atoms with Crippen LogP contribution in [0.1, 0.15) is 31.9 Å². The van der Waals surface area contributed by atoms with Crippen molar-refractivity contribution in [3.05, 3.63) is 30.1 Å². The van der Waals surface area contributed by atoms with Gasteiger partial charge in [0.05, 0.1) is 0 Å². The van der Waals surface area contributed by atoms with Gasteiger partial charge in [0.25, 0.3) is 0 Å². The topological polar surface area (TPSA) is 42.2 Å². The van der Waals surface area contributed by atoms with Gasteiger partial charge in [-0.2, -0.15) is 0 Å². The summed E-state index contributed by atoms with van der Waals surface area (Å²) in [4.78, 5) is 6.69. The Bertz CT molecular complexity index is 347. The van der Waals surface area contributed by atoms with Crippen molar-refractivity contribution < 1.29 is 0 Å². The molecule has 0 saturated carbocycles. The van der Waals surface area contributed by atoms with Crippen molar-refractivity contribution in [1.82, 2.24) is 9.88 Å². The van der Waals surface area contributed by atoms with E-state index in [0.717, 1.165) is 19.6 Å². The number of halogens is 2. The fraction of sp³-hybridized carbons (Fsp3) is 0.615. The van der Waals surface area contributed by atoms with E-state index in [1.165, 1.54) is 12.0 Å². The van der Waals surface area contributed by atoms with Gasteiger partial charge in [-0.1, -0.05) is 13.0 Å². The van der Waals surface area contributed by atoms with Gasteiger partial charge in [-0.15, -0.1) is 24.8 Å². The van der Waals surface area contributed by atoms with Crippen LogP contribution in [0.5, 0.6) is 0 Å². The standard InChI is InChI=1S/C13H21N3.2ClH/c1-11(12-4-3-6-15-8-12)16-7-5-13(2,9-14)10-16;;/h3-4,6,8,11H,5,7,9-10,14H2,1-2H3;2*1H. The Morgan fingerprint density at radius 2 is 2.22 bits per heavy atom. The summed E-state index contributed by atoms with van der Waals surface area (Å²) in [5.41, 5.74) is 7.43. The van der Waals surface area contributed by atoms with E-state index in [1.54, 1.807) is 0 Å². The summed E-state index contributed by atoms with van der Waals surface area (Å²) in [6.07, 6.45) is 4.99. The minimum absolute atomic E-state index is 0. The Hall–Kier alpha value is -0.350. The Labute approximate surface area is 122 Å². The number of nitrogens with two attached hydrogens (primary N) is 1. The molecule has 2 N–H and O–H groups in total. The van der Waals surface area contributed by atoms with E-state index in [-0.39, 0.29) is 24.8 Å². The average molecular weight is 292 g/mol. The maximum absolute atomic E-state index is 5.83. The maximum Gasteiger partial charge on any atom is 0.0335 e. The van der Waals surface area contributed by atoms with E-state index in [1.807, 2.05) is 18.5 Å². The quantitative estimate of drug-likeness (QED) is 0.931. The molecule has 1 aromatic heterocycles. The molecular formula is C13H23Cl2N3. The minimum Gasteiger partial charge on any atom is -0.330 e. The van der Waals surface area contributed by atoms with E-state index in [2.05, 4.69) is 29.8 Å². The van der Waals surface area contributed by atoms with Crippen LogP contribution in [0.15, 0.2) is 24.5 Å². The van der Waals surface area contributed by atoms with Crippen molar-refractivity contribution in [1.29, 1.82) is 0 Å². The van der Waals surface area contributed by atoms with Gasteiger partial charge in [0, 0.05) is 25.0 Å². The molecule has 2 atom stereocenters. The van der Waals surface area contributed by atoms with Crippen LogP contribution in [0.3, 0.4) is 0 Å². The van der Waals surface area contributed by atoms with E-state index in [9.17, 15) is 0 Å². The molecule has 18 heavy (non-hydrogen) atoms. The number of hydrogen-bond acceptors (Lipinski definition) is 3. The van der Waals surface area contributed by atoms with Crippen molar-refractivity contribution in [2.24, 2.45) is 11.1 Å². The van der Waals surface area contributed by atoms with Gasteiger partial charge < -0.3 is 5.73 Å². The molecule has 2 unspecified atom stereocenters. The largest absolute Gasteiger partial charge is 0.330 e. The Balaban J connectivity index is 0.00000144. The molecule has 1 aliphatic heterocycles. The first kappa shape index (κ1) is 17.6. The van der Waals surface area contributed by atoms with E-state index >= 15 is 0 Å². The first-order chi connectivity index (χ1) is 7.64. The van der Waals surface area contributed by atoms with Gasteiger partial charge in [0.2, 0.25) is 0 Å². The molecule has 1 saturated heterocycles.